The van der Waals surface area contributed by atoms with E-state index in [4.69, 9.17) is 0 Å². The first-order valence-electron chi connectivity index (χ1n) is 4.18. The second-order valence-corrected chi connectivity index (χ2v) is 3.82. The molecule has 0 atom stereocenters. The molecule has 0 amide bonds. The lowest BCUT2D eigenvalue weighted by Crippen LogP contribution is -3.00. The molecule has 0 saturated carbocycles. The first-order chi connectivity index (χ1) is 4.64. The molecule has 1 saturated heterocycles. The van der Waals surface area contributed by atoms with Gasteiger partial charge in [-0.15, -0.1) is 0 Å². The molecule has 0 radical (unpaired) electrons. The van der Waals surface area contributed by atoms with Crippen molar-refractivity contribution in [1.29, 1.82) is 0 Å². The van der Waals surface area contributed by atoms with Gasteiger partial charge in [0.05, 0.1) is 27.2 Å². The maximum Gasteiger partial charge on any atom is 0.0912 e. The van der Waals surface area contributed by atoms with Gasteiger partial charge in [0.2, 0.25) is 0 Å². The average Bonchev–Trinajstić information content (AvgIpc) is 1.88. The third-order valence-electron chi connectivity index (χ3n) is 2.49. The van der Waals surface area contributed by atoms with Crippen LogP contribution in [-0.2, 0) is 0 Å². The third-order valence-corrected chi connectivity index (χ3v) is 2.49. The topological polar surface area (TPSA) is 3.24 Å². The smallest absolute Gasteiger partial charge is 0.0912 e. The van der Waals surface area contributed by atoms with Gasteiger partial charge in [0.1, 0.15) is 0 Å². The minimum atomic E-state index is 0. The van der Waals surface area contributed by atoms with Crippen LogP contribution in [0.1, 0.15) is 6.92 Å². The minimum Gasteiger partial charge on any atom is -1.00 e. The number of quaternary nitrogens is 1. The summed E-state index contributed by atoms with van der Waals surface area (Å²) in [6.07, 6.45) is 0. The van der Waals surface area contributed by atoms with E-state index < -0.39 is 0 Å². The molecule has 2 nitrogen and oxygen atoms in total. The number of hydrogen-bond donors (Lipinski definition) is 0. The van der Waals surface area contributed by atoms with Crippen molar-refractivity contribution in [2.45, 2.75) is 6.92 Å². The van der Waals surface area contributed by atoms with E-state index in [2.05, 4.69) is 25.9 Å². The van der Waals surface area contributed by atoms with Crippen LogP contribution in [0.25, 0.3) is 0 Å². The molecule has 0 unspecified atom stereocenters. The lowest BCUT2D eigenvalue weighted by atomic mass is 10.3. The zero-order chi connectivity index (χ0) is 7.61. The van der Waals surface area contributed by atoms with Crippen molar-refractivity contribution in [3.8, 4) is 0 Å². The molecule has 1 aliphatic rings. The predicted molar refractivity (Wildman–Crippen MR) is 44.0 cm³/mol. The molecule has 1 aliphatic heterocycles. The molecular formula is C8H19ClN2. The fraction of sp³-hybridized carbons (Fsp3) is 1.00. The molecule has 0 N–H and O–H groups in total. The molecule has 0 spiro atoms. The van der Waals surface area contributed by atoms with Crippen LogP contribution in [0.15, 0.2) is 0 Å². The molecule has 0 aliphatic carbocycles. The first kappa shape index (κ1) is 11.2. The summed E-state index contributed by atoms with van der Waals surface area (Å²) in [5.74, 6) is 0. The molecule has 68 valence electrons. The lowest BCUT2D eigenvalue weighted by Gasteiger charge is -2.38. The van der Waals surface area contributed by atoms with Crippen molar-refractivity contribution in [3.05, 3.63) is 0 Å². The van der Waals surface area contributed by atoms with E-state index in [1.807, 2.05) is 0 Å². The Morgan fingerprint density at radius 1 is 1.18 bits per heavy atom. The van der Waals surface area contributed by atoms with E-state index in [0.717, 1.165) is 0 Å². The normalized spacial score (nSPS) is 24.3. The van der Waals surface area contributed by atoms with Crippen LogP contribution in [0, 0.1) is 0 Å². The van der Waals surface area contributed by atoms with E-state index in [9.17, 15) is 0 Å². The van der Waals surface area contributed by atoms with Crippen molar-refractivity contribution in [3.63, 3.8) is 0 Å². The summed E-state index contributed by atoms with van der Waals surface area (Å²) in [6, 6.07) is 0. The van der Waals surface area contributed by atoms with Gasteiger partial charge in [0.25, 0.3) is 0 Å². The highest BCUT2D eigenvalue weighted by Crippen LogP contribution is 2.04. The SMILES string of the molecule is CCN1CC[N+](C)(C)CC1.[Cl-]. The molecular weight excluding hydrogens is 160 g/mol. The minimum absolute atomic E-state index is 0. The molecule has 0 aromatic rings. The molecule has 1 fully saturated rings. The highest BCUT2D eigenvalue weighted by molar-refractivity contribution is 4.59. The fourth-order valence-electron chi connectivity index (χ4n) is 1.36. The van der Waals surface area contributed by atoms with Gasteiger partial charge >= 0.3 is 0 Å². The zero-order valence-electron chi connectivity index (χ0n) is 7.81. The number of piperazine rings is 1. The first-order valence-corrected chi connectivity index (χ1v) is 4.18. The molecule has 0 aromatic heterocycles. The van der Waals surface area contributed by atoms with Crippen molar-refractivity contribution in [2.75, 3.05) is 46.8 Å². The van der Waals surface area contributed by atoms with Gasteiger partial charge in [-0.2, -0.15) is 0 Å². The second-order valence-electron chi connectivity index (χ2n) is 3.82. The van der Waals surface area contributed by atoms with Crippen molar-refractivity contribution in [1.82, 2.24) is 4.90 Å². The largest absolute Gasteiger partial charge is 1.00 e. The Labute approximate surface area is 76.2 Å². The van der Waals surface area contributed by atoms with E-state index in [1.54, 1.807) is 0 Å². The summed E-state index contributed by atoms with van der Waals surface area (Å²) in [4.78, 5) is 2.52. The number of halogens is 1. The Bertz CT molecular complexity index is 105. The molecule has 0 bridgehead atoms. The standard InChI is InChI=1S/C8H19N2.ClH/c1-4-9-5-7-10(2,3)8-6-9;/h4-8H2,1-3H3;1H/q+1;/p-1. The van der Waals surface area contributed by atoms with Crippen molar-refractivity contribution < 1.29 is 16.9 Å². The zero-order valence-corrected chi connectivity index (χ0v) is 8.56. The Morgan fingerprint density at radius 3 is 2.00 bits per heavy atom. The van der Waals surface area contributed by atoms with E-state index in [0.29, 0.717) is 0 Å². The summed E-state index contributed by atoms with van der Waals surface area (Å²) >= 11 is 0. The van der Waals surface area contributed by atoms with Gasteiger partial charge in [0.15, 0.2) is 0 Å². The van der Waals surface area contributed by atoms with Gasteiger partial charge in [-0.25, -0.2) is 0 Å². The average molecular weight is 179 g/mol. The highest BCUT2D eigenvalue weighted by Gasteiger charge is 2.22. The molecule has 1 rings (SSSR count). The van der Waals surface area contributed by atoms with Crippen LogP contribution in [0.5, 0.6) is 0 Å². The maximum absolute atomic E-state index is 2.52. The van der Waals surface area contributed by atoms with Crippen LogP contribution in [0.2, 0.25) is 0 Å². The fourth-order valence-corrected chi connectivity index (χ4v) is 1.36. The number of nitrogens with zero attached hydrogens (tertiary/aromatic N) is 2. The lowest BCUT2D eigenvalue weighted by molar-refractivity contribution is -0.894. The van der Waals surface area contributed by atoms with Crippen molar-refractivity contribution in [2.24, 2.45) is 0 Å². The predicted octanol–water partition coefficient (Wildman–Crippen LogP) is -2.60. The Morgan fingerprint density at radius 2 is 1.64 bits per heavy atom. The maximum atomic E-state index is 2.52. The molecule has 11 heavy (non-hydrogen) atoms. The number of hydrogen-bond acceptors (Lipinski definition) is 1. The number of rotatable bonds is 1. The number of likely N-dealkylation sites (N-methyl/N-ethyl adjacent to an activating group) is 2. The molecule has 1 heterocycles. The highest BCUT2D eigenvalue weighted by atomic mass is 35.5. The Kier molecular flexibility index (Phi) is 4.37. The Hall–Kier alpha value is 0.210. The third kappa shape index (κ3) is 3.41. The van der Waals surface area contributed by atoms with Gasteiger partial charge in [-0.3, -0.25) is 4.90 Å². The molecule has 3 heteroatoms. The van der Waals surface area contributed by atoms with E-state index >= 15 is 0 Å². The molecule has 0 aromatic carbocycles. The van der Waals surface area contributed by atoms with Crippen LogP contribution >= 0.6 is 0 Å². The van der Waals surface area contributed by atoms with Gasteiger partial charge < -0.3 is 16.9 Å². The van der Waals surface area contributed by atoms with Crippen molar-refractivity contribution >= 4 is 0 Å². The van der Waals surface area contributed by atoms with Crippen LogP contribution in [0.4, 0.5) is 0 Å². The van der Waals surface area contributed by atoms with Gasteiger partial charge in [-0.05, 0) is 6.54 Å². The van der Waals surface area contributed by atoms with Gasteiger partial charge in [0, 0.05) is 13.1 Å². The summed E-state index contributed by atoms with van der Waals surface area (Å²) < 4.78 is 1.20. The summed E-state index contributed by atoms with van der Waals surface area (Å²) in [5, 5.41) is 0. The monoisotopic (exact) mass is 178 g/mol. The van der Waals surface area contributed by atoms with Crippen LogP contribution in [0.3, 0.4) is 0 Å². The van der Waals surface area contributed by atoms with Gasteiger partial charge in [-0.1, -0.05) is 6.92 Å². The van der Waals surface area contributed by atoms with Crippen LogP contribution < -0.4 is 12.4 Å². The van der Waals surface area contributed by atoms with Crippen LogP contribution in [-0.4, -0.2) is 56.2 Å². The summed E-state index contributed by atoms with van der Waals surface area (Å²) in [6.45, 7) is 8.65. The quantitative estimate of drug-likeness (QED) is 0.399. The van der Waals surface area contributed by atoms with E-state index in [1.165, 1.54) is 37.2 Å². The summed E-state index contributed by atoms with van der Waals surface area (Å²) in [5.41, 5.74) is 0. The second kappa shape index (κ2) is 4.29. The van der Waals surface area contributed by atoms with E-state index in [-0.39, 0.29) is 12.4 Å². The summed E-state index contributed by atoms with van der Waals surface area (Å²) in [7, 11) is 4.62. The Balaban J connectivity index is 0.000001000.